The van der Waals surface area contributed by atoms with E-state index in [4.69, 9.17) is 4.74 Å². The predicted molar refractivity (Wildman–Crippen MR) is 98.7 cm³/mol. The highest BCUT2D eigenvalue weighted by Gasteiger charge is 2.25. The summed E-state index contributed by atoms with van der Waals surface area (Å²) in [5.41, 5.74) is 0.697. The third-order valence-electron chi connectivity index (χ3n) is 4.34. The summed E-state index contributed by atoms with van der Waals surface area (Å²) in [6.45, 7) is 7.13. The standard InChI is InChI=1S/C19H29N3O3/c1-3-11-20-19(24)15-9-12-22(13-10-15)14-18(23)21-16-7-5-6-8-17(16)25-4-2/h5-8,15H,3-4,9-14H2,1-2H3,(H,20,24)(H,21,23). The second-order valence-corrected chi connectivity index (χ2v) is 6.32. The van der Waals surface area contributed by atoms with E-state index in [0.717, 1.165) is 38.9 Å². The molecule has 1 aromatic rings. The first-order chi connectivity index (χ1) is 12.1. The number of nitrogens with one attached hydrogen (secondary N) is 2. The Morgan fingerprint density at radius 3 is 2.60 bits per heavy atom. The molecule has 1 aliphatic rings. The highest BCUT2D eigenvalue weighted by Crippen LogP contribution is 2.24. The first-order valence-corrected chi connectivity index (χ1v) is 9.15. The third-order valence-corrected chi connectivity index (χ3v) is 4.34. The van der Waals surface area contributed by atoms with Crippen LogP contribution in [-0.2, 0) is 9.59 Å². The molecular weight excluding hydrogens is 318 g/mol. The lowest BCUT2D eigenvalue weighted by molar-refractivity contribution is -0.126. The molecule has 0 saturated carbocycles. The first-order valence-electron chi connectivity index (χ1n) is 9.15. The van der Waals surface area contributed by atoms with Gasteiger partial charge in [-0.2, -0.15) is 0 Å². The van der Waals surface area contributed by atoms with Crippen LogP contribution in [0.15, 0.2) is 24.3 Å². The topological polar surface area (TPSA) is 70.7 Å². The van der Waals surface area contributed by atoms with Crippen molar-refractivity contribution in [3.8, 4) is 5.75 Å². The second-order valence-electron chi connectivity index (χ2n) is 6.32. The second kappa shape index (κ2) is 10.0. The molecule has 25 heavy (non-hydrogen) atoms. The number of amides is 2. The molecule has 0 atom stereocenters. The molecule has 0 radical (unpaired) electrons. The van der Waals surface area contributed by atoms with Crippen LogP contribution in [0.3, 0.4) is 0 Å². The third kappa shape index (κ3) is 6.05. The quantitative estimate of drug-likeness (QED) is 0.757. The number of para-hydroxylation sites is 2. The number of anilines is 1. The molecule has 0 unspecified atom stereocenters. The maximum atomic E-state index is 12.3. The van der Waals surface area contributed by atoms with Crippen LogP contribution in [0.1, 0.15) is 33.1 Å². The van der Waals surface area contributed by atoms with Gasteiger partial charge in [-0.15, -0.1) is 0 Å². The Bertz CT molecular complexity index is 569. The van der Waals surface area contributed by atoms with Gasteiger partial charge in [0.1, 0.15) is 5.75 Å². The maximum absolute atomic E-state index is 12.3. The van der Waals surface area contributed by atoms with Gasteiger partial charge in [0.2, 0.25) is 11.8 Å². The van der Waals surface area contributed by atoms with Crippen molar-refractivity contribution in [3.63, 3.8) is 0 Å². The summed E-state index contributed by atoms with van der Waals surface area (Å²) in [6.07, 6.45) is 2.56. The molecule has 6 heteroatoms. The molecule has 0 aromatic heterocycles. The van der Waals surface area contributed by atoms with E-state index >= 15 is 0 Å². The van der Waals surface area contributed by atoms with Crippen LogP contribution in [0.4, 0.5) is 5.69 Å². The van der Waals surface area contributed by atoms with E-state index in [2.05, 4.69) is 15.5 Å². The van der Waals surface area contributed by atoms with Gasteiger partial charge in [-0.1, -0.05) is 19.1 Å². The van der Waals surface area contributed by atoms with Crippen molar-refractivity contribution in [1.29, 1.82) is 0 Å². The van der Waals surface area contributed by atoms with Crippen LogP contribution in [0, 0.1) is 5.92 Å². The largest absolute Gasteiger partial charge is 0.492 e. The van der Waals surface area contributed by atoms with Gasteiger partial charge in [-0.25, -0.2) is 0 Å². The molecule has 2 amide bonds. The highest BCUT2D eigenvalue weighted by molar-refractivity contribution is 5.93. The zero-order valence-corrected chi connectivity index (χ0v) is 15.2. The lowest BCUT2D eigenvalue weighted by atomic mass is 9.96. The van der Waals surface area contributed by atoms with E-state index < -0.39 is 0 Å². The minimum Gasteiger partial charge on any atom is -0.492 e. The average Bonchev–Trinajstić information content (AvgIpc) is 2.62. The number of rotatable bonds is 8. The maximum Gasteiger partial charge on any atom is 0.238 e. The van der Waals surface area contributed by atoms with Gasteiger partial charge in [-0.05, 0) is 51.4 Å². The molecule has 6 nitrogen and oxygen atoms in total. The SMILES string of the molecule is CCCNC(=O)C1CCN(CC(=O)Nc2ccccc2OCC)CC1. The van der Waals surface area contributed by atoms with Crippen LogP contribution >= 0.6 is 0 Å². The van der Waals surface area contributed by atoms with E-state index in [1.54, 1.807) is 0 Å². The molecule has 138 valence electrons. The Hall–Kier alpha value is -2.08. The van der Waals surface area contributed by atoms with E-state index in [-0.39, 0.29) is 17.7 Å². The van der Waals surface area contributed by atoms with Crippen molar-refractivity contribution in [3.05, 3.63) is 24.3 Å². The Morgan fingerprint density at radius 1 is 1.20 bits per heavy atom. The van der Waals surface area contributed by atoms with Crippen molar-refractivity contribution in [2.45, 2.75) is 33.1 Å². The van der Waals surface area contributed by atoms with Gasteiger partial charge in [0, 0.05) is 12.5 Å². The number of benzene rings is 1. The number of likely N-dealkylation sites (tertiary alicyclic amines) is 1. The van der Waals surface area contributed by atoms with Crippen molar-refractivity contribution in [2.75, 3.05) is 38.1 Å². The van der Waals surface area contributed by atoms with Crippen LogP contribution in [0.25, 0.3) is 0 Å². The lowest BCUT2D eigenvalue weighted by Gasteiger charge is -2.30. The van der Waals surface area contributed by atoms with Gasteiger partial charge < -0.3 is 15.4 Å². The summed E-state index contributed by atoms with van der Waals surface area (Å²) in [5.74, 6) is 0.854. The molecular formula is C19H29N3O3. The number of piperidine rings is 1. The minimum atomic E-state index is -0.0546. The molecule has 1 heterocycles. The van der Waals surface area contributed by atoms with Gasteiger partial charge in [0.05, 0.1) is 18.8 Å². The van der Waals surface area contributed by atoms with Crippen molar-refractivity contribution in [1.82, 2.24) is 10.2 Å². The lowest BCUT2D eigenvalue weighted by Crippen LogP contribution is -2.43. The summed E-state index contributed by atoms with van der Waals surface area (Å²) < 4.78 is 5.53. The number of hydrogen-bond donors (Lipinski definition) is 2. The zero-order chi connectivity index (χ0) is 18.1. The van der Waals surface area contributed by atoms with Gasteiger partial charge in [0.25, 0.3) is 0 Å². The molecule has 0 aliphatic carbocycles. The van der Waals surface area contributed by atoms with Gasteiger partial charge >= 0.3 is 0 Å². The number of ether oxygens (including phenoxy) is 1. The van der Waals surface area contributed by atoms with Crippen molar-refractivity contribution >= 4 is 17.5 Å². The molecule has 1 saturated heterocycles. The molecule has 0 spiro atoms. The summed E-state index contributed by atoms with van der Waals surface area (Å²) in [7, 11) is 0. The minimum absolute atomic E-state index is 0.0546. The number of hydrogen-bond acceptors (Lipinski definition) is 4. The monoisotopic (exact) mass is 347 g/mol. The van der Waals surface area contributed by atoms with E-state index in [9.17, 15) is 9.59 Å². The van der Waals surface area contributed by atoms with E-state index in [1.807, 2.05) is 38.1 Å². The van der Waals surface area contributed by atoms with Crippen molar-refractivity contribution < 1.29 is 14.3 Å². The zero-order valence-electron chi connectivity index (χ0n) is 15.2. The fourth-order valence-electron chi connectivity index (χ4n) is 2.99. The number of carbonyl (C=O) groups excluding carboxylic acids is 2. The average molecular weight is 347 g/mol. The van der Waals surface area contributed by atoms with Crippen LogP contribution in [0.2, 0.25) is 0 Å². The Balaban J connectivity index is 1.78. The van der Waals surface area contributed by atoms with E-state index in [0.29, 0.717) is 24.6 Å². The molecule has 1 aromatic carbocycles. The van der Waals surface area contributed by atoms with Crippen LogP contribution in [0.5, 0.6) is 5.75 Å². The van der Waals surface area contributed by atoms with Gasteiger partial charge in [-0.3, -0.25) is 14.5 Å². The smallest absolute Gasteiger partial charge is 0.238 e. The van der Waals surface area contributed by atoms with Crippen molar-refractivity contribution in [2.24, 2.45) is 5.92 Å². The first kappa shape index (κ1) is 19.2. The van der Waals surface area contributed by atoms with Crippen LogP contribution in [-0.4, -0.2) is 49.5 Å². The molecule has 2 N–H and O–H groups in total. The summed E-state index contributed by atoms with van der Waals surface area (Å²) >= 11 is 0. The van der Waals surface area contributed by atoms with Crippen LogP contribution < -0.4 is 15.4 Å². The summed E-state index contributed by atoms with van der Waals surface area (Å²) in [4.78, 5) is 26.4. The Morgan fingerprint density at radius 2 is 1.92 bits per heavy atom. The fourth-order valence-corrected chi connectivity index (χ4v) is 2.99. The molecule has 0 bridgehead atoms. The summed E-state index contributed by atoms with van der Waals surface area (Å²) in [5, 5.41) is 5.88. The fraction of sp³-hybridized carbons (Fsp3) is 0.579. The number of carbonyl (C=O) groups is 2. The number of nitrogens with zero attached hydrogens (tertiary/aromatic N) is 1. The summed E-state index contributed by atoms with van der Waals surface area (Å²) in [6, 6.07) is 7.44. The molecule has 1 aliphatic heterocycles. The molecule has 1 fully saturated rings. The molecule has 2 rings (SSSR count). The highest BCUT2D eigenvalue weighted by atomic mass is 16.5. The normalized spacial score (nSPS) is 15.6. The van der Waals surface area contributed by atoms with Gasteiger partial charge in [0.15, 0.2) is 0 Å². The Labute approximate surface area is 149 Å². The predicted octanol–water partition coefficient (Wildman–Crippen LogP) is 2.26. The van der Waals surface area contributed by atoms with E-state index in [1.165, 1.54) is 0 Å². The Kier molecular flexibility index (Phi) is 7.73.